The molecule has 0 saturated carbocycles. The van der Waals surface area contributed by atoms with Crippen molar-refractivity contribution in [1.82, 2.24) is 4.90 Å². The van der Waals surface area contributed by atoms with Gasteiger partial charge in [-0.3, -0.25) is 9.48 Å². The number of aliphatic hydroxyl groups excluding tert-OH is 1. The molecule has 1 aliphatic rings. The van der Waals surface area contributed by atoms with Crippen molar-refractivity contribution in [3.05, 3.63) is 24.3 Å². The third-order valence-electron chi connectivity index (χ3n) is 5.47. The second-order valence-electron chi connectivity index (χ2n) is 7.69. The van der Waals surface area contributed by atoms with Crippen molar-refractivity contribution >= 4 is 5.84 Å². The zero-order valence-corrected chi connectivity index (χ0v) is 18.2. The minimum Gasteiger partial charge on any atom is -0.392 e. The Hall–Kier alpha value is -1.09. The van der Waals surface area contributed by atoms with Gasteiger partial charge in [-0.15, -0.1) is 0 Å². The van der Waals surface area contributed by atoms with Crippen LogP contribution in [0.5, 0.6) is 0 Å². The predicted molar refractivity (Wildman–Crippen MR) is 119 cm³/mol. The molecule has 0 saturated heterocycles. The van der Waals surface area contributed by atoms with E-state index in [1.54, 1.807) is 0 Å². The van der Waals surface area contributed by atoms with Crippen LogP contribution in [0.15, 0.2) is 24.3 Å². The summed E-state index contributed by atoms with van der Waals surface area (Å²) >= 11 is 0. The van der Waals surface area contributed by atoms with Gasteiger partial charge >= 0.3 is 0 Å². The van der Waals surface area contributed by atoms with Gasteiger partial charge in [0, 0.05) is 6.42 Å². The molecule has 0 aliphatic carbocycles. The maximum Gasteiger partial charge on any atom is 0.247 e. The first-order valence-electron chi connectivity index (χ1n) is 11.6. The van der Waals surface area contributed by atoms with E-state index in [4.69, 9.17) is 0 Å². The summed E-state index contributed by atoms with van der Waals surface area (Å²) < 4.78 is 2.38. The number of nitrogens with zero attached hydrogens (tertiary/aromatic N) is 2. The third kappa shape index (κ3) is 11.4. The maximum absolute atomic E-state index is 9.22. The molecule has 0 fully saturated rings. The molecule has 0 spiro atoms. The van der Waals surface area contributed by atoms with Crippen molar-refractivity contribution in [3.63, 3.8) is 0 Å². The van der Waals surface area contributed by atoms with Gasteiger partial charge < -0.3 is 5.11 Å². The number of unbranched alkanes of at least 4 members (excludes halogenated alkanes) is 8. The molecular formula is C24H45N2O+. The lowest BCUT2D eigenvalue weighted by atomic mass is 10.1. The average molecular weight is 378 g/mol. The highest BCUT2D eigenvalue weighted by Crippen LogP contribution is 2.12. The smallest absolute Gasteiger partial charge is 0.247 e. The van der Waals surface area contributed by atoms with E-state index in [2.05, 4.69) is 47.6 Å². The fourth-order valence-electron chi connectivity index (χ4n) is 3.81. The van der Waals surface area contributed by atoms with Gasteiger partial charge in [0.15, 0.2) is 0 Å². The topological polar surface area (TPSA) is 26.5 Å². The van der Waals surface area contributed by atoms with Gasteiger partial charge in [-0.1, -0.05) is 63.3 Å². The molecule has 1 heterocycles. The third-order valence-corrected chi connectivity index (χ3v) is 5.47. The van der Waals surface area contributed by atoms with Gasteiger partial charge in [-0.2, -0.15) is 0 Å². The summed E-state index contributed by atoms with van der Waals surface area (Å²) in [7, 11) is 0. The summed E-state index contributed by atoms with van der Waals surface area (Å²) in [5.74, 6) is 1.47. The van der Waals surface area contributed by atoms with Crippen LogP contribution in [0.3, 0.4) is 0 Å². The number of rotatable bonds is 17. The monoisotopic (exact) mass is 377 g/mol. The van der Waals surface area contributed by atoms with E-state index in [0.29, 0.717) is 0 Å². The first kappa shape index (κ1) is 23.9. The molecule has 1 rings (SSSR count). The molecule has 0 radical (unpaired) electrons. The molecular weight excluding hydrogens is 332 g/mol. The largest absolute Gasteiger partial charge is 0.392 e. The van der Waals surface area contributed by atoms with E-state index in [1.165, 1.54) is 76.5 Å². The van der Waals surface area contributed by atoms with E-state index in [1.807, 2.05) is 0 Å². The number of allylic oxidation sites excluding steroid dienone is 4. The van der Waals surface area contributed by atoms with Crippen LogP contribution in [0.25, 0.3) is 0 Å². The Kier molecular flexibility index (Phi) is 15.1. The van der Waals surface area contributed by atoms with E-state index in [0.717, 1.165) is 32.6 Å². The SMILES string of the molecule is CCCCCC=CCC=CCCCCCCCC1=[N+](CCO)CCN1CC. The number of hydrogen-bond acceptors (Lipinski definition) is 2. The molecule has 3 nitrogen and oxygen atoms in total. The van der Waals surface area contributed by atoms with Crippen LogP contribution in [0.4, 0.5) is 0 Å². The average Bonchev–Trinajstić information content (AvgIpc) is 3.07. The molecule has 0 bridgehead atoms. The van der Waals surface area contributed by atoms with Gasteiger partial charge in [0.1, 0.15) is 19.6 Å². The van der Waals surface area contributed by atoms with Crippen LogP contribution in [-0.2, 0) is 0 Å². The summed E-state index contributed by atoms with van der Waals surface area (Å²) in [5.41, 5.74) is 0. The number of hydrogen-bond donors (Lipinski definition) is 1. The van der Waals surface area contributed by atoms with Crippen molar-refractivity contribution in [2.75, 3.05) is 32.8 Å². The molecule has 1 aliphatic heterocycles. The maximum atomic E-state index is 9.22. The fourth-order valence-corrected chi connectivity index (χ4v) is 3.81. The quantitative estimate of drug-likeness (QED) is 0.205. The standard InChI is InChI=1S/C24H45N2O/c1-3-5-6-7-8-9-10-11-12-13-14-15-16-17-18-19-24-25(4-2)20-21-26(24)22-23-27/h8-9,11-12,27H,3-7,10,13-23H2,1-2H3/q+1. The minimum absolute atomic E-state index is 0.267. The second kappa shape index (κ2) is 17.0. The Morgan fingerprint density at radius 3 is 2.22 bits per heavy atom. The molecule has 1 N–H and O–H groups in total. The van der Waals surface area contributed by atoms with Gasteiger partial charge in [0.2, 0.25) is 5.84 Å². The Labute approximate surface area is 168 Å². The summed E-state index contributed by atoms with van der Waals surface area (Å²) in [4.78, 5) is 2.48. The second-order valence-corrected chi connectivity index (χ2v) is 7.69. The Bertz CT molecular complexity index is 440. The molecule has 0 amide bonds. The highest BCUT2D eigenvalue weighted by atomic mass is 16.3. The lowest BCUT2D eigenvalue weighted by Gasteiger charge is -2.11. The highest BCUT2D eigenvalue weighted by molar-refractivity contribution is 5.78. The number of likely N-dealkylation sites (N-methyl/N-ethyl adjacent to an activating group) is 1. The zero-order chi connectivity index (χ0) is 19.6. The van der Waals surface area contributed by atoms with Crippen LogP contribution < -0.4 is 0 Å². The summed E-state index contributed by atoms with van der Waals surface area (Å²) in [6.45, 7) is 8.87. The molecule has 0 unspecified atom stereocenters. The van der Waals surface area contributed by atoms with Crippen molar-refractivity contribution < 1.29 is 9.68 Å². The number of amidine groups is 1. The van der Waals surface area contributed by atoms with Gasteiger partial charge in [0.05, 0.1) is 13.2 Å². The van der Waals surface area contributed by atoms with E-state index in [9.17, 15) is 5.11 Å². The van der Waals surface area contributed by atoms with Crippen molar-refractivity contribution in [2.24, 2.45) is 0 Å². The Morgan fingerprint density at radius 2 is 1.56 bits per heavy atom. The van der Waals surface area contributed by atoms with Gasteiger partial charge in [-0.25, -0.2) is 0 Å². The molecule has 0 aromatic heterocycles. The van der Waals surface area contributed by atoms with Crippen molar-refractivity contribution in [1.29, 1.82) is 0 Å². The summed E-state index contributed by atoms with van der Waals surface area (Å²) in [5, 5.41) is 9.22. The molecule has 156 valence electrons. The van der Waals surface area contributed by atoms with Crippen LogP contribution in [0.2, 0.25) is 0 Å². The number of aliphatic hydroxyl groups is 1. The molecule has 3 heteroatoms. The first-order valence-corrected chi connectivity index (χ1v) is 11.6. The first-order chi connectivity index (χ1) is 13.3. The minimum atomic E-state index is 0.267. The normalized spacial score (nSPS) is 15.1. The van der Waals surface area contributed by atoms with Gasteiger partial charge in [0.25, 0.3) is 0 Å². The lowest BCUT2D eigenvalue weighted by Crippen LogP contribution is -2.30. The van der Waals surface area contributed by atoms with Crippen LogP contribution in [-0.4, -0.2) is 53.2 Å². The molecule has 0 atom stereocenters. The fraction of sp³-hybridized carbons (Fsp3) is 0.792. The van der Waals surface area contributed by atoms with E-state index >= 15 is 0 Å². The van der Waals surface area contributed by atoms with Crippen LogP contribution in [0, 0.1) is 0 Å². The van der Waals surface area contributed by atoms with E-state index < -0.39 is 0 Å². The lowest BCUT2D eigenvalue weighted by molar-refractivity contribution is -0.521. The van der Waals surface area contributed by atoms with Crippen molar-refractivity contribution in [2.45, 2.75) is 90.9 Å². The summed E-state index contributed by atoms with van der Waals surface area (Å²) in [6, 6.07) is 0. The molecule has 0 aromatic rings. The Balaban J connectivity index is 1.99. The molecule has 0 aromatic carbocycles. The van der Waals surface area contributed by atoms with Crippen LogP contribution in [0.1, 0.15) is 90.9 Å². The Morgan fingerprint density at radius 1 is 0.889 bits per heavy atom. The van der Waals surface area contributed by atoms with E-state index in [-0.39, 0.29) is 6.61 Å². The number of β-amino-alcohol motifs (C(OH)–C–C–N with tert-alkyl or cyclic N) is 1. The van der Waals surface area contributed by atoms with Gasteiger partial charge in [-0.05, 0) is 45.4 Å². The predicted octanol–water partition coefficient (Wildman–Crippen LogP) is 5.54. The zero-order valence-electron chi connectivity index (χ0n) is 18.2. The van der Waals surface area contributed by atoms with Crippen molar-refractivity contribution in [3.8, 4) is 0 Å². The van der Waals surface area contributed by atoms with Crippen LogP contribution >= 0.6 is 0 Å². The molecule has 27 heavy (non-hydrogen) atoms. The summed E-state index contributed by atoms with van der Waals surface area (Å²) in [6.07, 6.45) is 24.7. The highest BCUT2D eigenvalue weighted by Gasteiger charge is 2.27.